The molecule has 1 rings (SSSR count). The van der Waals surface area contributed by atoms with Crippen LogP contribution >= 0.6 is 0 Å². The second kappa shape index (κ2) is 7.65. The van der Waals surface area contributed by atoms with Gasteiger partial charge >= 0.3 is 0 Å². The molecule has 0 aliphatic rings. The summed E-state index contributed by atoms with van der Waals surface area (Å²) in [6.45, 7) is 8.84. The van der Waals surface area contributed by atoms with Crippen LogP contribution in [-0.4, -0.2) is 39.2 Å². The highest BCUT2D eigenvalue weighted by Gasteiger charge is 2.15. The molecule has 0 saturated heterocycles. The zero-order valence-corrected chi connectivity index (χ0v) is 13.9. The highest BCUT2D eigenvalue weighted by molar-refractivity contribution is 5.30. The molecule has 0 aliphatic heterocycles. The van der Waals surface area contributed by atoms with Crippen molar-refractivity contribution in [2.45, 2.75) is 33.2 Å². The Morgan fingerprint density at radius 2 is 1.95 bits per heavy atom. The van der Waals surface area contributed by atoms with Gasteiger partial charge in [0.1, 0.15) is 5.75 Å². The average molecular weight is 278 g/mol. The lowest BCUT2D eigenvalue weighted by Gasteiger charge is -2.26. The van der Waals surface area contributed by atoms with Crippen molar-refractivity contribution < 1.29 is 4.74 Å². The van der Waals surface area contributed by atoms with Crippen molar-refractivity contribution in [1.29, 1.82) is 0 Å². The van der Waals surface area contributed by atoms with Crippen LogP contribution in [0.5, 0.6) is 5.75 Å². The van der Waals surface area contributed by atoms with Crippen LogP contribution in [0.2, 0.25) is 0 Å². The van der Waals surface area contributed by atoms with E-state index in [2.05, 4.69) is 63.3 Å². The van der Waals surface area contributed by atoms with E-state index in [0.717, 1.165) is 18.8 Å². The molecule has 1 unspecified atom stereocenters. The molecular formula is C17H30N2O. The van der Waals surface area contributed by atoms with E-state index in [4.69, 9.17) is 4.74 Å². The summed E-state index contributed by atoms with van der Waals surface area (Å²) in [6.07, 6.45) is 1.19. The first-order valence-corrected chi connectivity index (χ1v) is 7.34. The van der Waals surface area contributed by atoms with Crippen molar-refractivity contribution >= 4 is 0 Å². The molecule has 3 heteroatoms. The lowest BCUT2D eigenvalue weighted by molar-refractivity contribution is 0.280. The molecule has 3 nitrogen and oxygen atoms in total. The van der Waals surface area contributed by atoms with E-state index in [1.807, 2.05) is 6.07 Å². The minimum atomic E-state index is 0.366. The molecule has 0 aromatic heterocycles. The zero-order chi connectivity index (χ0) is 15.2. The van der Waals surface area contributed by atoms with E-state index in [1.54, 1.807) is 7.11 Å². The second-order valence-corrected chi connectivity index (χ2v) is 6.77. The Morgan fingerprint density at radius 3 is 2.50 bits per heavy atom. The van der Waals surface area contributed by atoms with Gasteiger partial charge in [-0.2, -0.15) is 0 Å². The normalized spacial score (nSPS) is 13.6. The molecule has 0 saturated carbocycles. The third-order valence-electron chi connectivity index (χ3n) is 3.49. The number of nitrogens with one attached hydrogen (secondary N) is 1. The fourth-order valence-corrected chi connectivity index (χ4v) is 2.15. The number of likely N-dealkylation sites (N-methyl/N-ethyl adjacent to an activating group) is 1. The highest BCUT2D eigenvalue weighted by atomic mass is 16.5. The standard InChI is InChI=1S/C17H30N2O/c1-17(2,3)10-11-18-13-16(19(4)5)14-8-7-9-15(12-14)20-6/h7-9,12,16,18H,10-11,13H2,1-6H3. The molecule has 0 spiro atoms. The molecule has 0 amide bonds. The first-order chi connectivity index (χ1) is 9.33. The minimum absolute atomic E-state index is 0.366. The van der Waals surface area contributed by atoms with Gasteiger partial charge in [-0.3, -0.25) is 0 Å². The van der Waals surface area contributed by atoms with Crippen LogP contribution in [0, 0.1) is 5.41 Å². The van der Waals surface area contributed by atoms with Crippen LogP contribution in [0.1, 0.15) is 38.8 Å². The summed E-state index contributed by atoms with van der Waals surface area (Å²) in [7, 11) is 5.95. The molecular weight excluding hydrogens is 248 g/mol. The number of hydrogen-bond donors (Lipinski definition) is 1. The summed E-state index contributed by atoms with van der Waals surface area (Å²) in [5, 5.41) is 3.58. The van der Waals surface area contributed by atoms with Gasteiger partial charge < -0.3 is 15.0 Å². The maximum Gasteiger partial charge on any atom is 0.119 e. The van der Waals surface area contributed by atoms with E-state index >= 15 is 0 Å². The number of nitrogens with zero attached hydrogens (tertiary/aromatic N) is 1. The predicted octanol–water partition coefficient (Wildman–Crippen LogP) is 3.32. The molecule has 0 radical (unpaired) electrons. The maximum atomic E-state index is 5.32. The Morgan fingerprint density at radius 1 is 1.25 bits per heavy atom. The Bertz CT molecular complexity index is 396. The molecule has 0 aliphatic carbocycles. The summed E-state index contributed by atoms with van der Waals surface area (Å²) in [4.78, 5) is 2.25. The van der Waals surface area contributed by atoms with Gasteiger partial charge in [0.2, 0.25) is 0 Å². The number of benzene rings is 1. The maximum absolute atomic E-state index is 5.32. The molecule has 114 valence electrons. The predicted molar refractivity (Wildman–Crippen MR) is 86.4 cm³/mol. The number of hydrogen-bond acceptors (Lipinski definition) is 3. The quantitative estimate of drug-likeness (QED) is 0.774. The van der Waals surface area contributed by atoms with Crippen LogP contribution < -0.4 is 10.1 Å². The van der Waals surface area contributed by atoms with Gasteiger partial charge in [-0.05, 0) is 50.2 Å². The average Bonchev–Trinajstić information content (AvgIpc) is 2.37. The molecule has 0 bridgehead atoms. The van der Waals surface area contributed by atoms with E-state index in [-0.39, 0.29) is 0 Å². The third kappa shape index (κ3) is 5.93. The van der Waals surface area contributed by atoms with Crippen LogP contribution in [0.25, 0.3) is 0 Å². The van der Waals surface area contributed by atoms with Crippen LogP contribution in [-0.2, 0) is 0 Å². The molecule has 20 heavy (non-hydrogen) atoms. The molecule has 1 aromatic rings. The Labute approximate surface area is 124 Å². The Balaban J connectivity index is 2.60. The topological polar surface area (TPSA) is 24.5 Å². The van der Waals surface area contributed by atoms with Crippen LogP contribution in [0.4, 0.5) is 0 Å². The van der Waals surface area contributed by atoms with Gasteiger partial charge in [-0.1, -0.05) is 32.9 Å². The molecule has 0 fully saturated rings. The summed E-state index contributed by atoms with van der Waals surface area (Å²) in [6, 6.07) is 8.70. The first-order valence-electron chi connectivity index (χ1n) is 7.34. The molecule has 1 atom stereocenters. The summed E-state index contributed by atoms with van der Waals surface area (Å²) < 4.78 is 5.32. The third-order valence-corrected chi connectivity index (χ3v) is 3.49. The smallest absolute Gasteiger partial charge is 0.119 e. The molecule has 0 heterocycles. The van der Waals surface area contributed by atoms with Gasteiger partial charge in [0.05, 0.1) is 7.11 Å². The minimum Gasteiger partial charge on any atom is -0.497 e. The van der Waals surface area contributed by atoms with Crippen molar-refractivity contribution in [2.75, 3.05) is 34.3 Å². The van der Waals surface area contributed by atoms with Crippen LogP contribution in [0.3, 0.4) is 0 Å². The molecule has 1 N–H and O–H groups in total. The number of methoxy groups -OCH3 is 1. The zero-order valence-electron chi connectivity index (χ0n) is 13.9. The highest BCUT2D eigenvalue weighted by Crippen LogP contribution is 2.22. The van der Waals surface area contributed by atoms with Crippen molar-refractivity contribution in [3.63, 3.8) is 0 Å². The number of rotatable bonds is 7. The lowest BCUT2D eigenvalue weighted by atomic mass is 9.92. The van der Waals surface area contributed by atoms with Gasteiger partial charge in [0.15, 0.2) is 0 Å². The van der Waals surface area contributed by atoms with Gasteiger partial charge in [0, 0.05) is 12.6 Å². The monoisotopic (exact) mass is 278 g/mol. The SMILES string of the molecule is COc1cccc(C(CNCCC(C)(C)C)N(C)C)c1. The van der Waals surface area contributed by atoms with Crippen molar-refractivity contribution in [2.24, 2.45) is 5.41 Å². The van der Waals surface area contributed by atoms with Gasteiger partial charge in [0.25, 0.3) is 0 Å². The number of ether oxygens (including phenoxy) is 1. The molecule has 1 aromatic carbocycles. The largest absolute Gasteiger partial charge is 0.497 e. The fraction of sp³-hybridized carbons (Fsp3) is 0.647. The Hall–Kier alpha value is -1.06. The summed E-state index contributed by atoms with van der Waals surface area (Å²) >= 11 is 0. The van der Waals surface area contributed by atoms with Gasteiger partial charge in [-0.15, -0.1) is 0 Å². The lowest BCUT2D eigenvalue weighted by Crippen LogP contribution is -2.32. The summed E-state index contributed by atoms with van der Waals surface area (Å²) in [5.41, 5.74) is 1.67. The van der Waals surface area contributed by atoms with E-state index < -0.39 is 0 Å². The Kier molecular flexibility index (Phi) is 6.50. The fourth-order valence-electron chi connectivity index (χ4n) is 2.15. The van der Waals surface area contributed by atoms with E-state index in [1.165, 1.54) is 12.0 Å². The second-order valence-electron chi connectivity index (χ2n) is 6.77. The van der Waals surface area contributed by atoms with Crippen molar-refractivity contribution in [1.82, 2.24) is 10.2 Å². The van der Waals surface area contributed by atoms with Crippen molar-refractivity contribution in [3.05, 3.63) is 29.8 Å². The van der Waals surface area contributed by atoms with E-state index in [0.29, 0.717) is 11.5 Å². The van der Waals surface area contributed by atoms with Crippen LogP contribution in [0.15, 0.2) is 24.3 Å². The summed E-state index contributed by atoms with van der Waals surface area (Å²) in [5.74, 6) is 0.920. The van der Waals surface area contributed by atoms with Crippen molar-refractivity contribution in [3.8, 4) is 5.75 Å². The first kappa shape index (κ1) is 17.0. The van der Waals surface area contributed by atoms with Gasteiger partial charge in [-0.25, -0.2) is 0 Å². The van der Waals surface area contributed by atoms with E-state index in [9.17, 15) is 0 Å².